The number of hydrogen-bond acceptors (Lipinski definition) is 1. The molecule has 2 aromatic carbocycles. The van der Waals surface area contributed by atoms with Gasteiger partial charge in [-0.05, 0) is 29.0 Å². The molecule has 3 aromatic rings. The molecule has 112 valence electrons. The van der Waals surface area contributed by atoms with Gasteiger partial charge in [-0.15, -0.1) is 0 Å². The first-order valence-electron chi connectivity index (χ1n) is 6.68. The van der Waals surface area contributed by atoms with Crippen LogP contribution in [0.25, 0.3) is 22.6 Å². The normalized spacial score (nSPS) is 11.6. The Kier molecular flexibility index (Phi) is 3.48. The average Bonchev–Trinajstić information content (AvgIpc) is 2.89. The summed E-state index contributed by atoms with van der Waals surface area (Å²) in [5.41, 5.74) is 1.64. The van der Waals surface area contributed by atoms with Crippen LogP contribution in [0.4, 0.5) is 13.2 Å². The van der Waals surface area contributed by atoms with Crippen molar-refractivity contribution < 1.29 is 22.4 Å². The van der Waals surface area contributed by atoms with Gasteiger partial charge >= 0.3 is 6.18 Å². The van der Waals surface area contributed by atoms with E-state index in [4.69, 9.17) is 4.52 Å². The minimum atomic E-state index is -4.33. The van der Waals surface area contributed by atoms with Gasteiger partial charge in [-0.2, -0.15) is 13.2 Å². The molecule has 0 atom stereocenters. The summed E-state index contributed by atoms with van der Waals surface area (Å²) < 4.78 is 45.0. The molecule has 0 aliphatic heterocycles. The highest BCUT2D eigenvalue weighted by molar-refractivity contribution is 5.64. The molecule has 0 bridgehead atoms. The predicted molar refractivity (Wildman–Crippen MR) is 75.8 cm³/mol. The molecule has 0 amide bonds. The molecule has 1 aromatic heterocycles. The lowest BCUT2D eigenvalue weighted by molar-refractivity contribution is -0.834. The Morgan fingerprint density at radius 1 is 0.864 bits per heavy atom. The summed E-state index contributed by atoms with van der Waals surface area (Å²) in [7, 11) is 1.72. The van der Waals surface area contributed by atoms with Crippen molar-refractivity contribution in [1.29, 1.82) is 0 Å². The Balaban J connectivity index is 1.98. The van der Waals surface area contributed by atoms with E-state index in [0.29, 0.717) is 17.0 Å². The molecule has 0 saturated carbocycles. The van der Waals surface area contributed by atoms with E-state index in [9.17, 15) is 13.2 Å². The zero-order valence-corrected chi connectivity index (χ0v) is 11.8. The van der Waals surface area contributed by atoms with Gasteiger partial charge in [0, 0.05) is 5.56 Å². The van der Waals surface area contributed by atoms with Gasteiger partial charge in [0.15, 0.2) is 7.05 Å². The molecule has 0 aliphatic rings. The smallest absolute Gasteiger partial charge is 0.236 e. The molecule has 0 saturated heterocycles. The maximum atomic E-state index is 12.6. The van der Waals surface area contributed by atoms with Gasteiger partial charge in [0.05, 0.1) is 17.2 Å². The van der Waals surface area contributed by atoms with Crippen LogP contribution >= 0.6 is 0 Å². The van der Waals surface area contributed by atoms with E-state index in [1.165, 1.54) is 12.1 Å². The van der Waals surface area contributed by atoms with Crippen LogP contribution < -0.4 is 4.74 Å². The van der Waals surface area contributed by atoms with Crippen molar-refractivity contribution in [3.8, 4) is 22.6 Å². The van der Waals surface area contributed by atoms with Gasteiger partial charge in [0.25, 0.3) is 5.69 Å². The van der Waals surface area contributed by atoms with E-state index in [1.807, 2.05) is 36.4 Å². The zero-order chi connectivity index (χ0) is 15.7. The monoisotopic (exact) mass is 304 g/mol. The van der Waals surface area contributed by atoms with Crippen molar-refractivity contribution in [2.45, 2.75) is 6.18 Å². The van der Waals surface area contributed by atoms with E-state index in [0.717, 1.165) is 17.7 Å². The van der Waals surface area contributed by atoms with Crippen molar-refractivity contribution in [3.05, 3.63) is 66.2 Å². The minimum Gasteiger partial charge on any atom is -0.236 e. The molecular weight excluding hydrogens is 291 g/mol. The summed E-state index contributed by atoms with van der Waals surface area (Å²) in [5, 5.41) is 0. The Hall–Kier alpha value is -2.56. The number of halogens is 3. The molecule has 1 heterocycles. The third-order valence-corrected chi connectivity index (χ3v) is 3.41. The van der Waals surface area contributed by atoms with Crippen molar-refractivity contribution in [2.75, 3.05) is 0 Å². The van der Waals surface area contributed by atoms with Crippen molar-refractivity contribution >= 4 is 0 Å². The van der Waals surface area contributed by atoms with E-state index < -0.39 is 11.7 Å². The zero-order valence-electron chi connectivity index (χ0n) is 11.8. The van der Waals surface area contributed by atoms with Gasteiger partial charge in [-0.3, -0.25) is 0 Å². The lowest BCUT2D eigenvalue weighted by Gasteiger charge is -2.05. The highest BCUT2D eigenvalue weighted by Crippen LogP contribution is 2.31. The average molecular weight is 304 g/mol. The summed E-state index contributed by atoms with van der Waals surface area (Å²) in [6.45, 7) is 0. The molecule has 22 heavy (non-hydrogen) atoms. The largest absolute Gasteiger partial charge is 0.416 e. The third-order valence-electron chi connectivity index (χ3n) is 3.41. The fourth-order valence-electron chi connectivity index (χ4n) is 2.27. The van der Waals surface area contributed by atoms with Gasteiger partial charge in [0.2, 0.25) is 5.76 Å². The first-order valence-corrected chi connectivity index (χ1v) is 6.68. The summed E-state index contributed by atoms with van der Waals surface area (Å²) in [6.07, 6.45) is -4.33. The van der Waals surface area contributed by atoms with E-state index >= 15 is 0 Å². The van der Waals surface area contributed by atoms with Crippen LogP contribution in [0.15, 0.2) is 65.2 Å². The lowest BCUT2D eigenvalue weighted by Crippen LogP contribution is -2.27. The number of aryl methyl sites for hydroxylation is 1. The number of aromatic nitrogens is 1. The summed E-state index contributed by atoms with van der Waals surface area (Å²) in [5.74, 6) is 0.665. The van der Waals surface area contributed by atoms with E-state index in [-0.39, 0.29) is 0 Å². The van der Waals surface area contributed by atoms with Crippen LogP contribution in [-0.2, 0) is 13.2 Å². The molecule has 0 fully saturated rings. The number of alkyl halides is 3. The van der Waals surface area contributed by atoms with Gasteiger partial charge < -0.3 is 0 Å². The van der Waals surface area contributed by atoms with Crippen molar-refractivity contribution in [3.63, 3.8) is 0 Å². The Bertz CT molecular complexity index is 774. The van der Waals surface area contributed by atoms with Crippen LogP contribution in [0.3, 0.4) is 0 Å². The molecule has 0 radical (unpaired) electrons. The van der Waals surface area contributed by atoms with Crippen molar-refractivity contribution in [1.82, 2.24) is 0 Å². The molecule has 2 nitrogen and oxygen atoms in total. The first-order chi connectivity index (χ1) is 10.4. The SMILES string of the molecule is C[n+]1oc(-c2ccccc2)cc1-c1ccc(C(F)(F)F)cc1. The maximum absolute atomic E-state index is 12.6. The van der Waals surface area contributed by atoms with E-state index in [2.05, 4.69) is 0 Å². The van der Waals surface area contributed by atoms with Gasteiger partial charge in [-0.1, -0.05) is 30.3 Å². The third kappa shape index (κ3) is 2.74. The fraction of sp³-hybridized carbons (Fsp3) is 0.118. The number of benzene rings is 2. The fourth-order valence-corrected chi connectivity index (χ4v) is 2.27. The van der Waals surface area contributed by atoms with Crippen LogP contribution in [0, 0.1) is 0 Å². The molecular formula is C17H13F3NO+. The highest BCUT2D eigenvalue weighted by atomic mass is 19.4. The van der Waals surface area contributed by atoms with Gasteiger partial charge in [-0.25, -0.2) is 4.52 Å². The van der Waals surface area contributed by atoms with Crippen molar-refractivity contribution in [2.24, 2.45) is 7.05 Å². The minimum absolute atomic E-state index is 0.661. The number of rotatable bonds is 2. The Morgan fingerprint density at radius 2 is 1.50 bits per heavy atom. The topological polar surface area (TPSA) is 17.0 Å². The molecule has 0 N–H and O–H groups in total. The van der Waals surface area contributed by atoms with Gasteiger partial charge in [0.1, 0.15) is 0 Å². The van der Waals surface area contributed by atoms with Crippen LogP contribution in [0.1, 0.15) is 5.56 Å². The standard InChI is InChI=1S/C17H13F3NO/c1-21-15(11-16(22-21)13-5-3-2-4-6-13)12-7-9-14(10-8-12)17(18,19)20/h2-11H,1H3/q+1. The van der Waals surface area contributed by atoms with E-state index in [1.54, 1.807) is 11.8 Å². The highest BCUT2D eigenvalue weighted by Gasteiger charge is 2.30. The second kappa shape index (κ2) is 5.33. The second-order valence-electron chi connectivity index (χ2n) is 4.92. The first kappa shape index (κ1) is 14.4. The van der Waals surface area contributed by atoms with Crippen LogP contribution in [0.5, 0.6) is 0 Å². The molecule has 5 heteroatoms. The molecule has 3 rings (SSSR count). The lowest BCUT2D eigenvalue weighted by atomic mass is 10.1. The van der Waals surface area contributed by atoms with Crippen LogP contribution in [0.2, 0.25) is 0 Å². The second-order valence-corrected chi connectivity index (χ2v) is 4.92. The quantitative estimate of drug-likeness (QED) is 0.639. The molecule has 0 unspecified atom stereocenters. The predicted octanol–water partition coefficient (Wildman–Crippen LogP) is 4.46. The Labute approximate surface area is 125 Å². The Morgan fingerprint density at radius 3 is 2.09 bits per heavy atom. The summed E-state index contributed by atoms with van der Waals surface area (Å²) in [4.78, 5) is 0. The molecule has 0 aliphatic carbocycles. The maximum Gasteiger partial charge on any atom is 0.416 e. The summed E-state index contributed by atoms with van der Waals surface area (Å²) >= 11 is 0. The summed E-state index contributed by atoms with van der Waals surface area (Å²) in [6, 6.07) is 16.4. The molecule has 0 spiro atoms. The number of nitrogens with zero attached hydrogens (tertiary/aromatic N) is 1. The number of hydrogen-bond donors (Lipinski definition) is 0. The van der Waals surface area contributed by atoms with Crippen LogP contribution in [-0.4, -0.2) is 0 Å².